The molecule has 0 amide bonds. The number of imidazole rings is 1. The minimum atomic E-state index is 0. The van der Waals surface area contributed by atoms with E-state index in [1.807, 2.05) is 22.7 Å². The summed E-state index contributed by atoms with van der Waals surface area (Å²) in [4.78, 5) is 4.28. The zero-order valence-electron chi connectivity index (χ0n) is 7.79. The quantitative estimate of drug-likeness (QED) is 0.520. The molecule has 78 valence electrons. The van der Waals surface area contributed by atoms with Crippen molar-refractivity contribution in [2.75, 3.05) is 0 Å². The van der Waals surface area contributed by atoms with Crippen LogP contribution in [0, 0.1) is 5.51 Å². The van der Waals surface area contributed by atoms with E-state index < -0.39 is 0 Å². The fourth-order valence-corrected chi connectivity index (χ4v) is 2.21. The monoisotopic (exact) mass is 463 g/mol. The van der Waals surface area contributed by atoms with Crippen LogP contribution in [-0.4, -0.2) is 19.6 Å². The van der Waals surface area contributed by atoms with E-state index in [2.05, 4.69) is 36.6 Å². The topological polar surface area (TPSA) is 43.1 Å². The van der Waals surface area contributed by atoms with Crippen molar-refractivity contribution in [3.8, 4) is 10.7 Å². The molecule has 0 N–H and O–H groups in total. The second kappa shape index (κ2) is 4.73. The van der Waals surface area contributed by atoms with Crippen molar-refractivity contribution in [3.63, 3.8) is 0 Å². The van der Waals surface area contributed by atoms with Gasteiger partial charge < -0.3 is 15.7 Å². The van der Waals surface area contributed by atoms with E-state index in [0.29, 0.717) is 0 Å². The Bertz CT molecular complexity index is 607. The van der Waals surface area contributed by atoms with Gasteiger partial charge in [-0.15, -0.1) is 0 Å². The van der Waals surface area contributed by atoms with Gasteiger partial charge in [0.05, 0.1) is 0 Å². The van der Waals surface area contributed by atoms with E-state index in [-0.39, 0.29) is 21.1 Å². The normalized spacial score (nSPS) is 10.3. The van der Waals surface area contributed by atoms with Gasteiger partial charge in [0.15, 0.2) is 0 Å². The summed E-state index contributed by atoms with van der Waals surface area (Å²) in [6.45, 7) is 0. The Morgan fingerprint density at radius 3 is 3.00 bits per heavy atom. The van der Waals surface area contributed by atoms with Crippen molar-refractivity contribution in [3.05, 3.63) is 34.5 Å². The van der Waals surface area contributed by atoms with E-state index in [4.69, 9.17) is 0 Å². The minimum Gasteiger partial charge on any atom is -0.314 e. The molecular weight excluding hydrogens is 460 g/mol. The van der Waals surface area contributed by atoms with Gasteiger partial charge in [-0.2, -0.15) is 0 Å². The standard InChI is InChI=1S/C9H4BrN4S.W/c10-6-1-2-8-11-3-7(14(8)4-6)9-13-12-5-15-9;/h1-4H;/q-1;+2. The van der Waals surface area contributed by atoms with Gasteiger partial charge in [0.2, 0.25) is 0 Å². The average Bonchev–Trinajstić information content (AvgIpc) is 2.83. The van der Waals surface area contributed by atoms with Crippen LogP contribution in [0.3, 0.4) is 0 Å². The molecule has 3 aromatic heterocycles. The molecule has 0 atom stereocenters. The number of fused-ring (bicyclic) bond motifs is 1. The number of nitrogens with zero attached hydrogens (tertiary/aromatic N) is 4. The first-order valence-corrected chi connectivity index (χ1v) is 5.78. The molecule has 0 fully saturated rings. The fraction of sp³-hybridized carbons (Fsp3) is 0. The zero-order valence-corrected chi connectivity index (χ0v) is 13.1. The largest absolute Gasteiger partial charge is 2.00 e. The average molecular weight is 464 g/mol. The SMILES string of the molecule is Brc1ccc2ncc(-c3nn[c-]s3)n2c1.[W+2]. The van der Waals surface area contributed by atoms with Crippen LogP contribution in [0.25, 0.3) is 16.3 Å². The summed E-state index contributed by atoms with van der Waals surface area (Å²) >= 11 is 4.80. The zero-order chi connectivity index (χ0) is 10.3. The fourth-order valence-electron chi connectivity index (χ4n) is 1.37. The van der Waals surface area contributed by atoms with Crippen LogP contribution in [0.4, 0.5) is 0 Å². The molecule has 0 aromatic carbocycles. The van der Waals surface area contributed by atoms with E-state index in [1.54, 1.807) is 6.20 Å². The van der Waals surface area contributed by atoms with Crippen LogP contribution in [-0.2, 0) is 21.1 Å². The maximum absolute atomic E-state index is 4.28. The Labute approximate surface area is 118 Å². The molecule has 16 heavy (non-hydrogen) atoms. The van der Waals surface area contributed by atoms with Crippen LogP contribution in [0.15, 0.2) is 29.0 Å². The molecule has 4 nitrogen and oxygen atoms in total. The second-order valence-electron chi connectivity index (χ2n) is 2.92. The molecule has 3 aromatic rings. The molecule has 3 heterocycles. The summed E-state index contributed by atoms with van der Waals surface area (Å²) in [6, 6.07) is 3.90. The van der Waals surface area contributed by atoms with Crippen molar-refractivity contribution < 1.29 is 21.1 Å². The summed E-state index contributed by atoms with van der Waals surface area (Å²) < 4.78 is 2.97. The molecule has 0 saturated carbocycles. The van der Waals surface area contributed by atoms with Gasteiger partial charge in [-0.05, 0) is 28.1 Å². The maximum atomic E-state index is 4.28. The van der Waals surface area contributed by atoms with Gasteiger partial charge in [0, 0.05) is 27.6 Å². The molecule has 0 radical (unpaired) electrons. The Kier molecular flexibility index (Phi) is 3.52. The summed E-state index contributed by atoms with van der Waals surface area (Å²) in [6.07, 6.45) is 3.75. The van der Waals surface area contributed by atoms with Crippen LogP contribution < -0.4 is 0 Å². The Hall–Kier alpha value is -0.582. The molecule has 0 spiro atoms. The number of hydrogen-bond donors (Lipinski definition) is 0. The summed E-state index contributed by atoms with van der Waals surface area (Å²) in [5.74, 6) is 0. The van der Waals surface area contributed by atoms with Crippen molar-refractivity contribution in [2.24, 2.45) is 0 Å². The molecule has 7 heteroatoms. The second-order valence-corrected chi connectivity index (χ2v) is 4.61. The van der Waals surface area contributed by atoms with Gasteiger partial charge in [-0.3, -0.25) is 10.2 Å². The molecule has 0 aliphatic rings. The van der Waals surface area contributed by atoms with Crippen molar-refractivity contribution >= 4 is 32.9 Å². The predicted molar refractivity (Wildman–Crippen MR) is 60.6 cm³/mol. The van der Waals surface area contributed by atoms with E-state index in [9.17, 15) is 0 Å². The van der Waals surface area contributed by atoms with Crippen molar-refractivity contribution in [2.45, 2.75) is 0 Å². The third-order valence-corrected chi connectivity index (χ3v) is 3.14. The summed E-state index contributed by atoms with van der Waals surface area (Å²) in [5, 5.41) is 8.49. The summed E-state index contributed by atoms with van der Waals surface area (Å²) in [7, 11) is 0. The van der Waals surface area contributed by atoms with Crippen LogP contribution in [0.2, 0.25) is 0 Å². The predicted octanol–water partition coefficient (Wildman–Crippen LogP) is 2.41. The molecule has 3 rings (SSSR count). The minimum absolute atomic E-state index is 0. The molecule has 0 bridgehead atoms. The maximum Gasteiger partial charge on any atom is 2.00 e. The Morgan fingerprint density at radius 1 is 1.38 bits per heavy atom. The van der Waals surface area contributed by atoms with Crippen LogP contribution >= 0.6 is 27.3 Å². The van der Waals surface area contributed by atoms with Crippen molar-refractivity contribution in [1.29, 1.82) is 0 Å². The Morgan fingerprint density at radius 2 is 2.25 bits per heavy atom. The van der Waals surface area contributed by atoms with E-state index >= 15 is 0 Å². The molecular formula is C9H4BrN4SW+. The van der Waals surface area contributed by atoms with Crippen molar-refractivity contribution in [1.82, 2.24) is 19.6 Å². The number of hydrogen-bond acceptors (Lipinski definition) is 4. The third kappa shape index (κ3) is 1.97. The van der Waals surface area contributed by atoms with Crippen LogP contribution in [0.1, 0.15) is 0 Å². The Balaban J connectivity index is 0.000000963. The summed E-state index contributed by atoms with van der Waals surface area (Å²) in [5.41, 5.74) is 4.55. The number of rotatable bonds is 1. The van der Waals surface area contributed by atoms with Crippen LogP contribution in [0.5, 0.6) is 0 Å². The van der Waals surface area contributed by atoms with Gasteiger partial charge >= 0.3 is 21.1 Å². The molecule has 0 aliphatic heterocycles. The smallest absolute Gasteiger partial charge is 0.314 e. The first-order chi connectivity index (χ1) is 7.34. The van der Waals surface area contributed by atoms with Gasteiger partial charge in [-0.1, -0.05) is 5.51 Å². The first-order valence-electron chi connectivity index (χ1n) is 4.17. The van der Waals surface area contributed by atoms with Gasteiger partial charge in [-0.25, -0.2) is 4.98 Å². The first kappa shape index (κ1) is 11.9. The van der Waals surface area contributed by atoms with Gasteiger partial charge in [0.1, 0.15) is 5.65 Å². The van der Waals surface area contributed by atoms with E-state index in [1.165, 1.54) is 11.3 Å². The molecule has 0 aliphatic carbocycles. The number of pyridine rings is 1. The molecule has 0 unspecified atom stereocenters. The van der Waals surface area contributed by atoms with Gasteiger partial charge in [0.25, 0.3) is 0 Å². The van der Waals surface area contributed by atoms with E-state index in [0.717, 1.165) is 20.8 Å². The number of halogens is 1. The third-order valence-electron chi connectivity index (χ3n) is 2.01. The number of aromatic nitrogens is 4. The molecule has 0 saturated heterocycles.